The Bertz CT molecular complexity index is 828. The van der Waals surface area contributed by atoms with Gasteiger partial charge in [0.15, 0.2) is 23.0 Å². The third-order valence-electron chi connectivity index (χ3n) is 5.61. The maximum atomic E-state index is 13.1. The summed E-state index contributed by atoms with van der Waals surface area (Å²) in [5.74, 6) is 3.49. The second kappa shape index (κ2) is 6.06. The number of ether oxygens (including phenoxy) is 4. The first kappa shape index (κ1) is 15.8. The Morgan fingerprint density at radius 2 is 1.88 bits per heavy atom. The molecule has 1 aliphatic carbocycles. The van der Waals surface area contributed by atoms with Crippen LogP contribution < -0.4 is 9.47 Å². The molecular weight excluding hydrogens is 334 g/mol. The molecule has 26 heavy (non-hydrogen) atoms. The fourth-order valence-corrected chi connectivity index (χ4v) is 4.20. The number of rotatable bonds is 0. The topological polar surface area (TPSA) is 57.2 Å². The summed E-state index contributed by atoms with van der Waals surface area (Å²) in [7, 11) is 2.11. The molecule has 0 bridgehead atoms. The molecule has 0 aromatic heterocycles. The second-order valence-electron chi connectivity index (χ2n) is 7.27. The van der Waals surface area contributed by atoms with Crippen molar-refractivity contribution >= 4 is 5.78 Å². The molecule has 0 N–H and O–H groups in total. The van der Waals surface area contributed by atoms with Crippen LogP contribution in [0.1, 0.15) is 22.3 Å². The number of likely N-dealkylation sites (N-methyl/N-ethyl adjacent to an activating group) is 1. The molecule has 6 nitrogen and oxygen atoms in total. The SMILES string of the molecule is CN1CCc2cc3c(cc2C(=O)C[C@@H]2C=CC4=C(OCO4)[C@@H]2C1)OCO3. The Hall–Kier alpha value is -2.47. The molecule has 3 aliphatic heterocycles. The van der Waals surface area contributed by atoms with Gasteiger partial charge in [0, 0.05) is 31.0 Å². The Morgan fingerprint density at radius 1 is 1.08 bits per heavy atom. The molecule has 0 amide bonds. The van der Waals surface area contributed by atoms with Gasteiger partial charge in [0.25, 0.3) is 0 Å². The third kappa shape index (κ3) is 2.56. The van der Waals surface area contributed by atoms with Gasteiger partial charge in [-0.05, 0) is 43.2 Å². The van der Waals surface area contributed by atoms with Crippen LogP contribution in [-0.2, 0) is 15.9 Å². The summed E-state index contributed by atoms with van der Waals surface area (Å²) in [4.78, 5) is 15.4. The second-order valence-corrected chi connectivity index (χ2v) is 7.27. The fraction of sp³-hybridized carbons (Fsp3) is 0.450. The fourth-order valence-electron chi connectivity index (χ4n) is 4.20. The van der Waals surface area contributed by atoms with E-state index in [0.29, 0.717) is 12.2 Å². The van der Waals surface area contributed by atoms with Gasteiger partial charge in [-0.25, -0.2) is 0 Å². The van der Waals surface area contributed by atoms with E-state index in [0.717, 1.165) is 47.9 Å². The Labute approximate surface area is 152 Å². The molecule has 5 rings (SSSR count). The minimum Gasteiger partial charge on any atom is -0.458 e. The van der Waals surface area contributed by atoms with Gasteiger partial charge in [-0.1, -0.05) is 6.08 Å². The summed E-state index contributed by atoms with van der Waals surface area (Å²) >= 11 is 0. The lowest BCUT2D eigenvalue weighted by Crippen LogP contribution is -2.35. The lowest BCUT2D eigenvalue weighted by atomic mass is 9.80. The van der Waals surface area contributed by atoms with Crippen LogP contribution in [0.5, 0.6) is 11.5 Å². The zero-order valence-electron chi connectivity index (χ0n) is 14.7. The van der Waals surface area contributed by atoms with E-state index in [1.165, 1.54) is 0 Å². The van der Waals surface area contributed by atoms with Crippen molar-refractivity contribution in [2.24, 2.45) is 11.8 Å². The van der Waals surface area contributed by atoms with Gasteiger partial charge in [0.2, 0.25) is 13.6 Å². The van der Waals surface area contributed by atoms with E-state index < -0.39 is 0 Å². The molecule has 0 radical (unpaired) electrons. The molecule has 136 valence electrons. The van der Waals surface area contributed by atoms with Crippen LogP contribution in [0.25, 0.3) is 0 Å². The first-order valence-electron chi connectivity index (χ1n) is 9.01. The van der Waals surface area contributed by atoms with Crippen molar-refractivity contribution in [3.8, 4) is 11.5 Å². The van der Waals surface area contributed by atoms with Crippen molar-refractivity contribution in [3.05, 3.63) is 46.9 Å². The zero-order chi connectivity index (χ0) is 17.7. The van der Waals surface area contributed by atoms with Gasteiger partial charge in [-0.2, -0.15) is 0 Å². The molecule has 4 aliphatic rings. The maximum Gasteiger partial charge on any atom is 0.231 e. The molecule has 1 aromatic rings. The van der Waals surface area contributed by atoms with E-state index in [9.17, 15) is 4.79 Å². The van der Waals surface area contributed by atoms with E-state index in [1.807, 2.05) is 18.2 Å². The van der Waals surface area contributed by atoms with Crippen LogP contribution in [0.3, 0.4) is 0 Å². The normalized spacial score (nSPS) is 27.3. The van der Waals surface area contributed by atoms with Crippen LogP contribution in [0.4, 0.5) is 0 Å². The van der Waals surface area contributed by atoms with Crippen molar-refractivity contribution in [2.75, 3.05) is 33.7 Å². The van der Waals surface area contributed by atoms with Gasteiger partial charge in [-0.3, -0.25) is 4.79 Å². The minimum absolute atomic E-state index is 0.0989. The van der Waals surface area contributed by atoms with E-state index in [4.69, 9.17) is 18.9 Å². The predicted molar refractivity (Wildman–Crippen MR) is 92.9 cm³/mol. The van der Waals surface area contributed by atoms with Gasteiger partial charge in [0.05, 0.1) is 0 Å². The Morgan fingerprint density at radius 3 is 2.77 bits per heavy atom. The molecule has 0 saturated heterocycles. The average molecular weight is 355 g/mol. The van der Waals surface area contributed by atoms with Crippen molar-refractivity contribution < 1.29 is 23.7 Å². The first-order chi connectivity index (χ1) is 12.7. The van der Waals surface area contributed by atoms with Crippen molar-refractivity contribution in [1.29, 1.82) is 0 Å². The van der Waals surface area contributed by atoms with Crippen LogP contribution in [-0.4, -0.2) is 44.4 Å². The minimum atomic E-state index is 0.0989. The molecule has 0 fully saturated rings. The molecular formula is C20H21NO5. The van der Waals surface area contributed by atoms with Gasteiger partial charge < -0.3 is 23.8 Å². The summed E-state index contributed by atoms with van der Waals surface area (Å²) < 4.78 is 22.3. The number of ketones is 1. The molecule has 3 heterocycles. The standard InChI is InChI=1S/C20H21NO5/c1-21-5-4-13-7-18-19(25-10-24-18)8-14(13)16(22)6-12-2-3-17-20(15(12)9-21)26-11-23-17/h2-3,7-8,12,15H,4-6,9-11H2,1H3/t12-,15+/m0/s1. The highest BCUT2D eigenvalue weighted by molar-refractivity contribution is 5.98. The highest BCUT2D eigenvalue weighted by Gasteiger charge is 2.36. The van der Waals surface area contributed by atoms with E-state index in [1.54, 1.807) is 0 Å². The molecule has 0 saturated carbocycles. The number of fused-ring (bicyclic) bond motifs is 4. The van der Waals surface area contributed by atoms with Gasteiger partial charge >= 0.3 is 0 Å². The van der Waals surface area contributed by atoms with Crippen LogP contribution >= 0.6 is 0 Å². The molecule has 2 atom stereocenters. The summed E-state index contributed by atoms with van der Waals surface area (Å²) in [5, 5.41) is 0. The number of hydrogen-bond donors (Lipinski definition) is 0. The number of carbonyl (C=O) groups is 1. The van der Waals surface area contributed by atoms with Gasteiger partial charge in [0.1, 0.15) is 5.76 Å². The monoisotopic (exact) mass is 355 g/mol. The number of benzene rings is 1. The lowest BCUT2D eigenvalue weighted by molar-refractivity contribution is 0.0592. The van der Waals surface area contributed by atoms with E-state index in [-0.39, 0.29) is 31.2 Å². The summed E-state index contributed by atoms with van der Waals surface area (Å²) in [6, 6.07) is 3.82. The van der Waals surface area contributed by atoms with Crippen molar-refractivity contribution in [2.45, 2.75) is 12.8 Å². The number of hydrogen-bond acceptors (Lipinski definition) is 6. The largest absolute Gasteiger partial charge is 0.458 e. The highest BCUT2D eigenvalue weighted by atomic mass is 16.7. The van der Waals surface area contributed by atoms with Gasteiger partial charge in [-0.15, -0.1) is 0 Å². The van der Waals surface area contributed by atoms with Crippen LogP contribution in [0.15, 0.2) is 35.8 Å². The first-order valence-corrected chi connectivity index (χ1v) is 9.01. The van der Waals surface area contributed by atoms with E-state index in [2.05, 4.69) is 18.0 Å². The van der Waals surface area contributed by atoms with Crippen molar-refractivity contribution in [3.63, 3.8) is 0 Å². The summed E-state index contributed by atoms with van der Waals surface area (Å²) in [5.41, 5.74) is 1.78. The third-order valence-corrected chi connectivity index (χ3v) is 5.61. The Kier molecular flexibility index (Phi) is 3.67. The summed E-state index contributed by atoms with van der Waals surface area (Å²) in [6.07, 6.45) is 5.29. The molecule has 0 unspecified atom stereocenters. The Balaban J connectivity index is 1.52. The average Bonchev–Trinajstić information content (AvgIpc) is 3.28. The lowest BCUT2D eigenvalue weighted by Gasteiger charge is -2.32. The number of allylic oxidation sites excluding steroid dienone is 2. The number of carbonyl (C=O) groups excluding carboxylic acids is 1. The van der Waals surface area contributed by atoms with E-state index >= 15 is 0 Å². The molecule has 0 spiro atoms. The summed E-state index contributed by atoms with van der Waals surface area (Å²) in [6.45, 7) is 2.18. The smallest absolute Gasteiger partial charge is 0.231 e. The quantitative estimate of drug-likeness (QED) is 0.713. The van der Waals surface area contributed by atoms with Crippen LogP contribution in [0.2, 0.25) is 0 Å². The number of Topliss-reactive ketones (excluding diaryl/α,β-unsaturated/α-hetero) is 1. The zero-order valence-corrected chi connectivity index (χ0v) is 14.7. The molecule has 6 heteroatoms. The maximum absolute atomic E-state index is 13.1. The van der Waals surface area contributed by atoms with Crippen molar-refractivity contribution in [1.82, 2.24) is 4.90 Å². The number of nitrogens with zero attached hydrogens (tertiary/aromatic N) is 1. The highest BCUT2D eigenvalue weighted by Crippen LogP contribution is 2.40. The van der Waals surface area contributed by atoms with Crippen LogP contribution in [0, 0.1) is 11.8 Å². The molecule has 1 aromatic carbocycles. The predicted octanol–water partition coefficient (Wildman–Crippen LogP) is 2.49.